The van der Waals surface area contributed by atoms with Gasteiger partial charge in [0.1, 0.15) is 5.72 Å². The van der Waals surface area contributed by atoms with Crippen LogP contribution in [0.1, 0.15) is 46.5 Å². The van der Waals surface area contributed by atoms with Crippen LogP contribution in [0.15, 0.2) is 0 Å². The van der Waals surface area contributed by atoms with Crippen LogP contribution in [0.5, 0.6) is 0 Å². The van der Waals surface area contributed by atoms with E-state index in [1.165, 1.54) is 32.2 Å². The second kappa shape index (κ2) is 3.82. The van der Waals surface area contributed by atoms with Crippen molar-refractivity contribution in [3.8, 4) is 0 Å². The fraction of sp³-hybridized carbons (Fsp3) is 1.00. The van der Waals surface area contributed by atoms with Crippen molar-refractivity contribution in [2.24, 2.45) is 5.92 Å². The molecule has 0 aromatic rings. The van der Waals surface area contributed by atoms with E-state index in [2.05, 4.69) is 25.7 Å². The van der Waals surface area contributed by atoms with Crippen molar-refractivity contribution in [3.63, 3.8) is 0 Å². The zero-order valence-corrected chi connectivity index (χ0v) is 9.75. The maximum Gasteiger partial charge on any atom is 0.119 e. The van der Waals surface area contributed by atoms with E-state index in [0.29, 0.717) is 6.04 Å². The zero-order chi connectivity index (χ0) is 10.2. The lowest BCUT2D eigenvalue weighted by Gasteiger charge is -2.40. The van der Waals surface area contributed by atoms with Gasteiger partial charge in [0.15, 0.2) is 0 Å². The van der Waals surface area contributed by atoms with Crippen molar-refractivity contribution >= 4 is 0 Å². The maximum atomic E-state index is 6.02. The summed E-state index contributed by atoms with van der Waals surface area (Å²) in [6.45, 7) is 9.05. The van der Waals surface area contributed by atoms with Gasteiger partial charge in [0, 0.05) is 12.6 Å². The lowest BCUT2D eigenvalue weighted by Crippen LogP contribution is -2.48. The normalized spacial score (nSPS) is 39.0. The summed E-state index contributed by atoms with van der Waals surface area (Å²) in [7, 11) is 0. The van der Waals surface area contributed by atoms with Gasteiger partial charge in [-0.1, -0.05) is 20.3 Å². The van der Waals surface area contributed by atoms with Crippen molar-refractivity contribution in [3.05, 3.63) is 0 Å². The molecule has 2 fully saturated rings. The molecule has 14 heavy (non-hydrogen) atoms. The molecule has 2 atom stereocenters. The van der Waals surface area contributed by atoms with Crippen molar-refractivity contribution in [1.82, 2.24) is 4.90 Å². The molecule has 0 aromatic carbocycles. The Kier molecular flexibility index (Phi) is 2.85. The predicted octanol–water partition coefficient (Wildman–Crippen LogP) is 2.63. The van der Waals surface area contributed by atoms with Crippen LogP contribution in [0.25, 0.3) is 0 Å². The fourth-order valence-electron chi connectivity index (χ4n) is 3.09. The van der Waals surface area contributed by atoms with Gasteiger partial charge in [-0.25, -0.2) is 0 Å². The van der Waals surface area contributed by atoms with Gasteiger partial charge in [-0.15, -0.1) is 0 Å². The van der Waals surface area contributed by atoms with E-state index < -0.39 is 0 Å². The quantitative estimate of drug-likeness (QED) is 0.674. The number of piperidine rings is 1. The third kappa shape index (κ3) is 1.82. The molecule has 2 aliphatic heterocycles. The van der Waals surface area contributed by atoms with E-state index in [0.717, 1.165) is 12.5 Å². The molecular weight excluding hydrogens is 174 g/mol. The topological polar surface area (TPSA) is 12.5 Å². The second-order valence-corrected chi connectivity index (χ2v) is 5.43. The summed E-state index contributed by atoms with van der Waals surface area (Å²) in [5.74, 6) is 0.723. The molecule has 0 bridgehead atoms. The van der Waals surface area contributed by atoms with Crippen LogP contribution >= 0.6 is 0 Å². The molecule has 0 N–H and O–H groups in total. The SMILES string of the molecule is CC(C)CC1(C)OCC2CCCCN21. The summed E-state index contributed by atoms with van der Waals surface area (Å²) < 4.78 is 6.02. The van der Waals surface area contributed by atoms with Crippen LogP contribution in [0.4, 0.5) is 0 Å². The largest absolute Gasteiger partial charge is 0.359 e. The Morgan fingerprint density at radius 1 is 1.43 bits per heavy atom. The van der Waals surface area contributed by atoms with Gasteiger partial charge in [0.2, 0.25) is 0 Å². The summed E-state index contributed by atoms with van der Waals surface area (Å²) in [6, 6.07) is 0.715. The fourth-order valence-corrected chi connectivity index (χ4v) is 3.09. The Hall–Kier alpha value is -0.0800. The van der Waals surface area contributed by atoms with Gasteiger partial charge in [-0.3, -0.25) is 4.90 Å². The highest BCUT2D eigenvalue weighted by atomic mass is 16.5. The highest BCUT2D eigenvalue weighted by Crippen LogP contribution is 2.37. The van der Waals surface area contributed by atoms with Gasteiger partial charge in [-0.2, -0.15) is 0 Å². The molecule has 0 spiro atoms. The summed E-state index contributed by atoms with van der Waals surface area (Å²) in [5.41, 5.74) is 0.0409. The maximum absolute atomic E-state index is 6.02. The lowest BCUT2D eigenvalue weighted by atomic mass is 9.96. The van der Waals surface area contributed by atoms with E-state index in [1.807, 2.05) is 0 Å². The Bertz CT molecular complexity index is 204. The summed E-state index contributed by atoms with van der Waals surface area (Å²) in [5, 5.41) is 0. The van der Waals surface area contributed by atoms with Crippen molar-refractivity contribution < 1.29 is 4.74 Å². The van der Waals surface area contributed by atoms with Crippen molar-refractivity contribution in [1.29, 1.82) is 0 Å². The average Bonchev–Trinajstić information content (AvgIpc) is 2.44. The first-order chi connectivity index (χ1) is 6.62. The molecule has 2 saturated heterocycles. The number of fused-ring (bicyclic) bond motifs is 1. The Balaban J connectivity index is 2.05. The smallest absolute Gasteiger partial charge is 0.119 e. The van der Waals surface area contributed by atoms with Crippen LogP contribution in [0.2, 0.25) is 0 Å². The minimum Gasteiger partial charge on any atom is -0.359 e. The molecule has 0 aliphatic carbocycles. The van der Waals surface area contributed by atoms with Crippen molar-refractivity contribution in [2.45, 2.75) is 58.2 Å². The van der Waals surface area contributed by atoms with Gasteiger partial charge in [0.05, 0.1) is 6.61 Å². The van der Waals surface area contributed by atoms with E-state index in [4.69, 9.17) is 4.74 Å². The predicted molar refractivity (Wildman–Crippen MR) is 58.2 cm³/mol. The first kappa shape index (κ1) is 10.4. The van der Waals surface area contributed by atoms with Crippen LogP contribution in [0, 0.1) is 5.92 Å². The first-order valence-electron chi connectivity index (χ1n) is 6.02. The third-order valence-corrected chi connectivity index (χ3v) is 3.61. The van der Waals surface area contributed by atoms with Crippen LogP contribution in [0.3, 0.4) is 0 Å². The number of hydrogen-bond donors (Lipinski definition) is 0. The molecule has 0 amide bonds. The van der Waals surface area contributed by atoms with Gasteiger partial charge in [-0.05, 0) is 32.1 Å². The molecule has 0 saturated carbocycles. The number of hydrogen-bond acceptors (Lipinski definition) is 2. The molecule has 2 heteroatoms. The van der Waals surface area contributed by atoms with Crippen LogP contribution < -0.4 is 0 Å². The lowest BCUT2D eigenvalue weighted by molar-refractivity contribution is -0.0875. The van der Waals surface area contributed by atoms with Gasteiger partial charge < -0.3 is 4.74 Å². The van der Waals surface area contributed by atoms with Gasteiger partial charge >= 0.3 is 0 Å². The van der Waals surface area contributed by atoms with Crippen molar-refractivity contribution in [2.75, 3.05) is 13.2 Å². The Labute approximate surface area is 87.6 Å². The van der Waals surface area contributed by atoms with Gasteiger partial charge in [0.25, 0.3) is 0 Å². The first-order valence-corrected chi connectivity index (χ1v) is 6.02. The van der Waals surface area contributed by atoms with E-state index in [1.54, 1.807) is 0 Å². The molecule has 2 aliphatic rings. The zero-order valence-electron chi connectivity index (χ0n) is 9.75. The highest BCUT2D eigenvalue weighted by molar-refractivity contribution is 4.92. The number of ether oxygens (including phenoxy) is 1. The minimum atomic E-state index is 0.0409. The molecule has 2 unspecified atom stereocenters. The Morgan fingerprint density at radius 2 is 2.21 bits per heavy atom. The minimum absolute atomic E-state index is 0.0409. The molecule has 0 aromatic heterocycles. The third-order valence-electron chi connectivity index (χ3n) is 3.61. The Morgan fingerprint density at radius 3 is 2.93 bits per heavy atom. The standard InChI is InChI=1S/C12H23NO/c1-10(2)8-12(3)13-7-5-4-6-11(13)9-14-12/h10-11H,4-9H2,1-3H3. The summed E-state index contributed by atoms with van der Waals surface area (Å²) >= 11 is 0. The molecule has 0 radical (unpaired) electrons. The average molecular weight is 197 g/mol. The molecule has 82 valence electrons. The molecule has 2 heterocycles. The number of rotatable bonds is 2. The second-order valence-electron chi connectivity index (χ2n) is 5.43. The highest BCUT2D eigenvalue weighted by Gasteiger charge is 2.44. The van der Waals surface area contributed by atoms with E-state index in [-0.39, 0.29) is 5.72 Å². The van der Waals surface area contributed by atoms with E-state index >= 15 is 0 Å². The van der Waals surface area contributed by atoms with Crippen LogP contribution in [-0.2, 0) is 4.74 Å². The van der Waals surface area contributed by atoms with Crippen LogP contribution in [-0.4, -0.2) is 29.8 Å². The summed E-state index contributed by atoms with van der Waals surface area (Å²) in [6.07, 6.45) is 5.26. The molecule has 2 nitrogen and oxygen atoms in total. The van der Waals surface area contributed by atoms with E-state index in [9.17, 15) is 0 Å². The molecule has 2 rings (SSSR count). The summed E-state index contributed by atoms with van der Waals surface area (Å²) in [4.78, 5) is 2.61. The molecular formula is C12H23NO. The number of nitrogens with zero attached hydrogens (tertiary/aromatic N) is 1. The monoisotopic (exact) mass is 197 g/mol.